The zero-order valence-corrected chi connectivity index (χ0v) is 14.8. The molecule has 1 unspecified atom stereocenters. The number of urea groups is 1. The molecule has 1 aromatic carbocycles. The highest BCUT2D eigenvalue weighted by molar-refractivity contribution is 5.75. The van der Waals surface area contributed by atoms with E-state index in [1.165, 1.54) is 0 Å². The van der Waals surface area contributed by atoms with Gasteiger partial charge in [0.05, 0.1) is 0 Å². The largest absolute Gasteiger partial charge is 0.490 e. The van der Waals surface area contributed by atoms with Crippen molar-refractivity contribution in [3.05, 3.63) is 30.3 Å². The van der Waals surface area contributed by atoms with Gasteiger partial charge in [-0.15, -0.1) is 0 Å². The summed E-state index contributed by atoms with van der Waals surface area (Å²) in [5.41, 5.74) is -0.195. The van der Waals surface area contributed by atoms with Gasteiger partial charge >= 0.3 is 6.03 Å². The lowest BCUT2D eigenvalue weighted by Crippen LogP contribution is -2.57. The number of likely N-dealkylation sites (tertiary alicyclic amines) is 1. The van der Waals surface area contributed by atoms with Gasteiger partial charge in [-0.25, -0.2) is 4.79 Å². The minimum atomic E-state index is -0.195. The third-order valence-corrected chi connectivity index (χ3v) is 4.42. The summed E-state index contributed by atoms with van der Waals surface area (Å²) in [6, 6.07) is 9.97. The van der Waals surface area contributed by atoms with E-state index in [0.717, 1.165) is 38.1 Å². The molecule has 0 saturated carbocycles. The molecule has 0 aromatic heterocycles. The van der Waals surface area contributed by atoms with Crippen molar-refractivity contribution in [3.8, 4) is 5.75 Å². The number of para-hydroxylation sites is 1. The van der Waals surface area contributed by atoms with Crippen molar-refractivity contribution in [1.82, 2.24) is 10.2 Å². The molecule has 2 amide bonds. The Morgan fingerprint density at radius 2 is 2.04 bits per heavy atom. The van der Waals surface area contributed by atoms with Crippen LogP contribution < -0.4 is 10.1 Å². The van der Waals surface area contributed by atoms with Gasteiger partial charge in [-0.05, 0) is 38.3 Å². The first-order chi connectivity index (χ1) is 10.9. The SMILES string of the molecule is CC(C)CCNC(=O)N1CCC(Oc2ccccc2)CC1(C)C. The van der Waals surface area contributed by atoms with Crippen LogP contribution in [0.15, 0.2) is 30.3 Å². The van der Waals surface area contributed by atoms with Crippen molar-refractivity contribution < 1.29 is 9.53 Å². The monoisotopic (exact) mass is 318 g/mol. The fourth-order valence-electron chi connectivity index (χ4n) is 3.08. The number of hydrogen-bond donors (Lipinski definition) is 1. The minimum Gasteiger partial charge on any atom is -0.490 e. The summed E-state index contributed by atoms with van der Waals surface area (Å²) in [7, 11) is 0. The van der Waals surface area contributed by atoms with Crippen LogP contribution in [0.1, 0.15) is 47.0 Å². The average Bonchev–Trinajstić information content (AvgIpc) is 2.46. The molecule has 0 radical (unpaired) electrons. The van der Waals surface area contributed by atoms with E-state index in [1.54, 1.807) is 0 Å². The van der Waals surface area contributed by atoms with Crippen molar-refractivity contribution in [2.24, 2.45) is 5.92 Å². The smallest absolute Gasteiger partial charge is 0.317 e. The van der Waals surface area contributed by atoms with Gasteiger partial charge in [0.15, 0.2) is 0 Å². The molecule has 1 atom stereocenters. The summed E-state index contributed by atoms with van der Waals surface area (Å²) in [5.74, 6) is 1.51. The van der Waals surface area contributed by atoms with Gasteiger partial charge in [0.25, 0.3) is 0 Å². The van der Waals surface area contributed by atoms with Crippen LogP contribution in [0.4, 0.5) is 4.79 Å². The number of piperidine rings is 1. The fourth-order valence-corrected chi connectivity index (χ4v) is 3.08. The maximum absolute atomic E-state index is 12.4. The molecule has 1 aliphatic heterocycles. The summed E-state index contributed by atoms with van der Waals surface area (Å²) < 4.78 is 6.07. The molecular weight excluding hydrogens is 288 g/mol. The number of benzene rings is 1. The third-order valence-electron chi connectivity index (χ3n) is 4.42. The summed E-state index contributed by atoms with van der Waals surface area (Å²) in [5, 5.41) is 3.05. The van der Waals surface area contributed by atoms with Crippen molar-refractivity contribution in [1.29, 1.82) is 0 Å². The molecule has 4 heteroatoms. The summed E-state index contributed by atoms with van der Waals surface area (Å²) >= 11 is 0. The molecular formula is C19H30N2O2. The number of hydrogen-bond acceptors (Lipinski definition) is 2. The molecule has 1 fully saturated rings. The van der Waals surface area contributed by atoms with Gasteiger partial charge < -0.3 is 15.0 Å². The van der Waals surface area contributed by atoms with Crippen LogP contribution in [0, 0.1) is 5.92 Å². The Morgan fingerprint density at radius 1 is 1.35 bits per heavy atom. The molecule has 2 rings (SSSR count). The normalized spacial score (nSPS) is 20.4. The van der Waals surface area contributed by atoms with Crippen LogP contribution in [-0.4, -0.2) is 35.7 Å². The van der Waals surface area contributed by atoms with E-state index >= 15 is 0 Å². The van der Waals surface area contributed by atoms with Crippen LogP contribution in [-0.2, 0) is 0 Å². The Hall–Kier alpha value is -1.71. The highest BCUT2D eigenvalue weighted by atomic mass is 16.5. The molecule has 1 heterocycles. The van der Waals surface area contributed by atoms with Crippen LogP contribution in [0.2, 0.25) is 0 Å². The first kappa shape index (κ1) is 17.6. The Morgan fingerprint density at radius 3 is 2.65 bits per heavy atom. The first-order valence-electron chi connectivity index (χ1n) is 8.65. The van der Waals surface area contributed by atoms with Crippen molar-refractivity contribution in [2.75, 3.05) is 13.1 Å². The highest BCUT2D eigenvalue weighted by Crippen LogP contribution is 2.30. The second-order valence-corrected chi connectivity index (χ2v) is 7.42. The second-order valence-electron chi connectivity index (χ2n) is 7.42. The van der Waals surface area contributed by atoms with Crippen molar-refractivity contribution >= 4 is 6.03 Å². The quantitative estimate of drug-likeness (QED) is 0.889. The lowest BCUT2D eigenvalue weighted by Gasteiger charge is -2.45. The number of ether oxygens (including phenoxy) is 1. The van der Waals surface area contributed by atoms with Gasteiger partial charge in [0.2, 0.25) is 0 Å². The topological polar surface area (TPSA) is 41.6 Å². The van der Waals surface area contributed by atoms with E-state index in [4.69, 9.17) is 4.74 Å². The van der Waals surface area contributed by atoms with E-state index in [2.05, 4.69) is 33.0 Å². The highest BCUT2D eigenvalue weighted by Gasteiger charge is 2.38. The maximum atomic E-state index is 12.4. The van der Waals surface area contributed by atoms with Gasteiger partial charge in [-0.2, -0.15) is 0 Å². The van der Waals surface area contributed by atoms with E-state index in [0.29, 0.717) is 5.92 Å². The van der Waals surface area contributed by atoms with E-state index < -0.39 is 0 Å². The van der Waals surface area contributed by atoms with Gasteiger partial charge in [0.1, 0.15) is 11.9 Å². The number of carbonyl (C=O) groups excluding carboxylic acids is 1. The Kier molecular flexibility index (Phi) is 5.91. The number of rotatable bonds is 5. The number of amides is 2. The van der Waals surface area contributed by atoms with Crippen LogP contribution in [0.25, 0.3) is 0 Å². The van der Waals surface area contributed by atoms with Gasteiger partial charge in [-0.3, -0.25) is 0 Å². The summed E-state index contributed by atoms with van der Waals surface area (Å²) in [6.45, 7) is 10.1. The van der Waals surface area contributed by atoms with E-state index in [1.807, 2.05) is 35.2 Å². The number of carbonyl (C=O) groups is 1. The molecule has 0 aliphatic carbocycles. The average molecular weight is 318 g/mol. The first-order valence-corrected chi connectivity index (χ1v) is 8.65. The van der Waals surface area contributed by atoms with Crippen LogP contribution in [0.3, 0.4) is 0 Å². The maximum Gasteiger partial charge on any atom is 0.317 e. The van der Waals surface area contributed by atoms with Crippen molar-refractivity contribution in [2.45, 2.75) is 58.6 Å². The van der Waals surface area contributed by atoms with Gasteiger partial charge in [0, 0.05) is 31.5 Å². The molecule has 4 nitrogen and oxygen atoms in total. The van der Waals surface area contributed by atoms with Gasteiger partial charge in [-0.1, -0.05) is 32.0 Å². The molecule has 1 aromatic rings. The Balaban J connectivity index is 1.88. The number of nitrogens with zero attached hydrogens (tertiary/aromatic N) is 1. The second kappa shape index (κ2) is 7.71. The molecule has 0 bridgehead atoms. The predicted molar refractivity (Wildman–Crippen MR) is 93.7 cm³/mol. The van der Waals surface area contributed by atoms with E-state index in [9.17, 15) is 4.79 Å². The Labute approximate surface area is 140 Å². The lowest BCUT2D eigenvalue weighted by molar-refractivity contribution is 0.0330. The number of nitrogens with one attached hydrogen (secondary N) is 1. The molecule has 128 valence electrons. The predicted octanol–water partition coefficient (Wildman–Crippen LogP) is 4.06. The zero-order chi connectivity index (χ0) is 16.9. The van der Waals surface area contributed by atoms with Crippen LogP contribution in [0.5, 0.6) is 5.75 Å². The molecule has 0 spiro atoms. The lowest BCUT2D eigenvalue weighted by atomic mass is 9.88. The summed E-state index contributed by atoms with van der Waals surface area (Å²) in [4.78, 5) is 14.4. The Bertz CT molecular complexity index is 499. The van der Waals surface area contributed by atoms with E-state index in [-0.39, 0.29) is 17.7 Å². The fraction of sp³-hybridized carbons (Fsp3) is 0.632. The third kappa shape index (κ3) is 5.15. The zero-order valence-electron chi connectivity index (χ0n) is 14.8. The molecule has 1 aliphatic rings. The van der Waals surface area contributed by atoms with Crippen molar-refractivity contribution in [3.63, 3.8) is 0 Å². The summed E-state index contributed by atoms with van der Waals surface area (Å²) in [6.07, 6.45) is 2.89. The van der Waals surface area contributed by atoms with Crippen LogP contribution >= 0.6 is 0 Å². The molecule has 1 saturated heterocycles. The molecule has 23 heavy (non-hydrogen) atoms. The molecule has 1 N–H and O–H groups in total. The minimum absolute atomic E-state index is 0.0498. The standard InChI is InChI=1S/C19H30N2O2/c1-15(2)10-12-20-18(22)21-13-11-17(14-19(21,3)4)23-16-8-6-5-7-9-16/h5-9,15,17H,10-14H2,1-4H3,(H,20,22).